The second-order valence-electron chi connectivity index (χ2n) is 9.94. The lowest BCUT2D eigenvalue weighted by molar-refractivity contribution is -0.140. The summed E-state index contributed by atoms with van der Waals surface area (Å²) in [6.07, 6.45) is 5.86. The first-order valence-electron chi connectivity index (χ1n) is 12.5. The van der Waals surface area contributed by atoms with Gasteiger partial charge in [0.2, 0.25) is 0 Å². The third-order valence-corrected chi connectivity index (χ3v) is 7.59. The number of rotatable bonds is 5. The molecule has 5 rings (SSSR count). The van der Waals surface area contributed by atoms with Gasteiger partial charge in [0, 0.05) is 55.7 Å². The van der Waals surface area contributed by atoms with E-state index in [1.165, 1.54) is 12.8 Å². The third kappa shape index (κ3) is 4.81. The Bertz CT molecular complexity index is 1180. The molecular formula is C27H34N6O2. The summed E-state index contributed by atoms with van der Waals surface area (Å²) >= 11 is 0. The minimum absolute atomic E-state index is 0.117. The number of carbonyl (C=O) groups excluding carboxylic acids is 2. The van der Waals surface area contributed by atoms with Crippen molar-refractivity contribution in [2.45, 2.75) is 31.3 Å². The van der Waals surface area contributed by atoms with Crippen LogP contribution in [0.5, 0.6) is 0 Å². The molecule has 35 heavy (non-hydrogen) atoms. The van der Waals surface area contributed by atoms with Gasteiger partial charge in [-0.05, 0) is 75.6 Å². The number of piperidine rings is 1. The van der Waals surface area contributed by atoms with Crippen LogP contribution in [-0.4, -0.2) is 88.8 Å². The van der Waals surface area contributed by atoms with Gasteiger partial charge >= 0.3 is 0 Å². The van der Waals surface area contributed by atoms with Crippen LogP contribution in [0, 0.1) is 0 Å². The van der Waals surface area contributed by atoms with Crippen molar-refractivity contribution in [3.05, 3.63) is 66.1 Å². The van der Waals surface area contributed by atoms with Gasteiger partial charge in [0.1, 0.15) is 0 Å². The highest BCUT2D eigenvalue weighted by molar-refractivity contribution is 6.01. The minimum Gasteiger partial charge on any atom is -0.361 e. The Balaban J connectivity index is 1.33. The van der Waals surface area contributed by atoms with Crippen LogP contribution in [0.25, 0.3) is 10.9 Å². The number of aromatic amines is 1. The van der Waals surface area contributed by atoms with Crippen molar-refractivity contribution >= 4 is 22.7 Å². The molecule has 0 radical (unpaired) electrons. The van der Waals surface area contributed by atoms with E-state index in [9.17, 15) is 9.59 Å². The van der Waals surface area contributed by atoms with Crippen LogP contribution < -0.4 is 5.32 Å². The molecule has 2 amide bonds. The predicted molar refractivity (Wildman–Crippen MR) is 136 cm³/mol. The number of fused-ring (bicyclic) bond motifs is 1. The number of carbonyl (C=O) groups is 2. The SMILES string of the molecule is CN1CCC(N2CCN(C(=O)[C@@](C)(NC(=O)c3ccc4cc[nH]c4c3)c3ccccn3)CC2)CC1. The largest absolute Gasteiger partial charge is 0.361 e. The Morgan fingerprint density at radius 1 is 1.03 bits per heavy atom. The van der Waals surface area contributed by atoms with E-state index in [4.69, 9.17) is 0 Å². The molecule has 0 aliphatic carbocycles. The van der Waals surface area contributed by atoms with E-state index in [1.807, 2.05) is 41.4 Å². The van der Waals surface area contributed by atoms with Crippen molar-refractivity contribution in [3.8, 4) is 0 Å². The van der Waals surface area contributed by atoms with Gasteiger partial charge in [0.05, 0.1) is 5.69 Å². The maximum atomic E-state index is 13.9. The van der Waals surface area contributed by atoms with Crippen LogP contribution in [0.15, 0.2) is 54.9 Å². The number of nitrogens with zero attached hydrogens (tertiary/aromatic N) is 4. The minimum atomic E-state index is -1.27. The van der Waals surface area contributed by atoms with Gasteiger partial charge in [-0.15, -0.1) is 0 Å². The van der Waals surface area contributed by atoms with Crippen LogP contribution in [0.2, 0.25) is 0 Å². The van der Waals surface area contributed by atoms with Crippen LogP contribution in [0.1, 0.15) is 35.8 Å². The molecule has 184 valence electrons. The second-order valence-corrected chi connectivity index (χ2v) is 9.94. The lowest BCUT2D eigenvalue weighted by Gasteiger charge is -2.44. The van der Waals surface area contributed by atoms with Crippen LogP contribution in [0.3, 0.4) is 0 Å². The summed E-state index contributed by atoms with van der Waals surface area (Å²) < 4.78 is 0. The van der Waals surface area contributed by atoms with E-state index in [0.717, 1.165) is 37.1 Å². The van der Waals surface area contributed by atoms with Crippen molar-refractivity contribution in [2.24, 2.45) is 0 Å². The Kier molecular flexibility index (Phi) is 6.58. The molecule has 2 aliphatic rings. The summed E-state index contributed by atoms with van der Waals surface area (Å²) in [5, 5.41) is 4.07. The fourth-order valence-electron chi connectivity index (χ4n) is 5.34. The van der Waals surface area contributed by atoms with Gasteiger partial charge in [0.25, 0.3) is 11.8 Å². The first-order valence-corrected chi connectivity index (χ1v) is 12.5. The first-order chi connectivity index (χ1) is 16.9. The molecule has 2 fully saturated rings. The summed E-state index contributed by atoms with van der Waals surface area (Å²) in [4.78, 5) is 41.7. The number of piperazine rings is 1. The monoisotopic (exact) mass is 474 g/mol. The van der Waals surface area contributed by atoms with Crippen molar-refractivity contribution in [1.29, 1.82) is 0 Å². The molecule has 3 aromatic rings. The van der Waals surface area contributed by atoms with Crippen molar-refractivity contribution in [1.82, 2.24) is 30.0 Å². The first kappa shape index (κ1) is 23.5. The molecule has 2 saturated heterocycles. The number of benzene rings is 1. The zero-order valence-corrected chi connectivity index (χ0v) is 20.5. The zero-order chi connectivity index (χ0) is 24.4. The molecule has 2 N–H and O–H groups in total. The van der Waals surface area contributed by atoms with Gasteiger partial charge in [-0.3, -0.25) is 19.5 Å². The number of nitrogens with one attached hydrogen (secondary N) is 2. The second kappa shape index (κ2) is 9.79. The molecule has 8 heteroatoms. The number of H-pyrrole nitrogens is 1. The predicted octanol–water partition coefficient (Wildman–Crippen LogP) is 2.45. The standard InChI is InChI=1S/C27H34N6O2/c1-27(24-5-3-4-11-29-24,30-25(34)21-7-6-20-8-12-28-23(20)19-21)26(35)33-17-15-32(16-18-33)22-9-13-31(2)14-10-22/h3-8,11-12,19,22,28H,9-10,13-18H2,1-2H3,(H,30,34)/t27-/m0/s1. The topological polar surface area (TPSA) is 84.6 Å². The highest BCUT2D eigenvalue weighted by Crippen LogP contribution is 2.25. The fourth-order valence-corrected chi connectivity index (χ4v) is 5.34. The molecule has 0 unspecified atom stereocenters. The van der Waals surface area contributed by atoms with E-state index in [2.05, 4.69) is 32.1 Å². The molecule has 8 nitrogen and oxygen atoms in total. The molecule has 0 spiro atoms. The number of hydrogen-bond donors (Lipinski definition) is 2. The summed E-state index contributed by atoms with van der Waals surface area (Å²) in [5.41, 5.74) is 0.659. The van der Waals surface area contributed by atoms with E-state index in [0.29, 0.717) is 30.4 Å². The van der Waals surface area contributed by atoms with Crippen LogP contribution >= 0.6 is 0 Å². The van der Waals surface area contributed by atoms with Gasteiger partial charge in [-0.2, -0.15) is 0 Å². The Labute approximate surface area is 206 Å². The Hall–Kier alpha value is -3.23. The normalized spacial score (nSPS) is 20.0. The molecule has 4 heterocycles. The highest BCUT2D eigenvalue weighted by Gasteiger charge is 2.42. The maximum Gasteiger partial charge on any atom is 0.254 e. The molecule has 2 aromatic heterocycles. The lowest BCUT2D eigenvalue weighted by atomic mass is 9.93. The number of pyridine rings is 1. The highest BCUT2D eigenvalue weighted by atomic mass is 16.2. The third-order valence-electron chi connectivity index (χ3n) is 7.59. The van der Waals surface area contributed by atoms with E-state index in [-0.39, 0.29) is 11.8 Å². The van der Waals surface area contributed by atoms with Crippen molar-refractivity contribution in [2.75, 3.05) is 46.3 Å². The lowest BCUT2D eigenvalue weighted by Crippen LogP contribution is -2.61. The van der Waals surface area contributed by atoms with Crippen LogP contribution in [0.4, 0.5) is 0 Å². The quantitative estimate of drug-likeness (QED) is 0.594. The number of aromatic nitrogens is 2. The van der Waals surface area contributed by atoms with Crippen LogP contribution in [-0.2, 0) is 10.3 Å². The number of likely N-dealkylation sites (tertiary alicyclic amines) is 1. The molecule has 0 bridgehead atoms. The molecular weight excluding hydrogens is 440 g/mol. The summed E-state index contributed by atoms with van der Waals surface area (Å²) in [6, 6.07) is 13.5. The average Bonchev–Trinajstić information content (AvgIpc) is 3.37. The van der Waals surface area contributed by atoms with Gasteiger partial charge in [0.15, 0.2) is 5.54 Å². The van der Waals surface area contributed by atoms with E-state index >= 15 is 0 Å². The van der Waals surface area contributed by atoms with Gasteiger partial charge in [-0.25, -0.2) is 0 Å². The van der Waals surface area contributed by atoms with Gasteiger partial charge in [-0.1, -0.05) is 12.1 Å². The van der Waals surface area contributed by atoms with E-state index in [1.54, 1.807) is 25.3 Å². The van der Waals surface area contributed by atoms with Gasteiger partial charge < -0.3 is 20.1 Å². The van der Waals surface area contributed by atoms with Crippen molar-refractivity contribution in [3.63, 3.8) is 0 Å². The number of hydrogen-bond acceptors (Lipinski definition) is 5. The Morgan fingerprint density at radius 3 is 2.51 bits per heavy atom. The van der Waals surface area contributed by atoms with E-state index < -0.39 is 5.54 Å². The summed E-state index contributed by atoms with van der Waals surface area (Å²) in [6.45, 7) is 7.04. The molecule has 0 saturated carbocycles. The maximum absolute atomic E-state index is 13.9. The zero-order valence-electron chi connectivity index (χ0n) is 20.5. The van der Waals surface area contributed by atoms with Crippen molar-refractivity contribution < 1.29 is 9.59 Å². The smallest absolute Gasteiger partial charge is 0.254 e. The Morgan fingerprint density at radius 2 is 1.80 bits per heavy atom. The average molecular weight is 475 g/mol. The fraction of sp³-hybridized carbons (Fsp3) is 0.444. The number of amides is 2. The molecule has 1 aromatic carbocycles. The summed E-state index contributed by atoms with van der Waals surface area (Å²) in [7, 11) is 2.18. The summed E-state index contributed by atoms with van der Waals surface area (Å²) in [5.74, 6) is -0.415. The molecule has 2 aliphatic heterocycles. The molecule has 1 atom stereocenters.